The van der Waals surface area contributed by atoms with E-state index in [4.69, 9.17) is 22.1 Å². The molecule has 1 aliphatic rings. The zero-order valence-corrected chi connectivity index (χ0v) is 11.8. The van der Waals surface area contributed by atoms with Crippen LogP contribution in [-0.4, -0.2) is 11.1 Å². The quantitative estimate of drug-likeness (QED) is 0.912. The van der Waals surface area contributed by atoms with Crippen molar-refractivity contribution in [3.63, 3.8) is 0 Å². The minimum absolute atomic E-state index is 0.275. The van der Waals surface area contributed by atoms with Gasteiger partial charge in [-0.3, -0.25) is 0 Å². The van der Waals surface area contributed by atoms with Gasteiger partial charge in [-0.1, -0.05) is 25.4 Å². The van der Waals surface area contributed by atoms with Crippen LogP contribution < -0.4 is 10.5 Å². The van der Waals surface area contributed by atoms with E-state index in [1.54, 1.807) is 6.20 Å². The van der Waals surface area contributed by atoms with Crippen LogP contribution in [0.15, 0.2) is 12.3 Å². The highest BCUT2D eigenvalue weighted by atomic mass is 35.5. The molecule has 0 amide bonds. The van der Waals surface area contributed by atoms with Crippen LogP contribution in [0.4, 0.5) is 0 Å². The maximum Gasteiger partial charge on any atom is 0.213 e. The lowest BCUT2D eigenvalue weighted by molar-refractivity contribution is 0.0948. The first-order chi connectivity index (χ1) is 8.50. The number of hydrogen-bond donors (Lipinski definition) is 1. The van der Waals surface area contributed by atoms with Crippen LogP contribution in [0.1, 0.15) is 45.1 Å². The third-order valence-corrected chi connectivity index (χ3v) is 4.04. The minimum Gasteiger partial charge on any atom is -0.474 e. The highest BCUT2D eigenvalue weighted by Gasteiger charge is 2.28. The van der Waals surface area contributed by atoms with Gasteiger partial charge in [-0.05, 0) is 36.7 Å². The summed E-state index contributed by atoms with van der Waals surface area (Å²) in [5.41, 5.74) is 6.96. The smallest absolute Gasteiger partial charge is 0.213 e. The molecule has 1 heterocycles. The summed E-state index contributed by atoms with van der Waals surface area (Å²) < 4.78 is 5.92. The fourth-order valence-corrected chi connectivity index (χ4v) is 2.52. The van der Waals surface area contributed by atoms with E-state index in [1.807, 2.05) is 6.07 Å². The topological polar surface area (TPSA) is 48.1 Å². The summed E-state index contributed by atoms with van der Waals surface area (Å²) in [5.74, 6) is 0.643. The molecule has 2 N–H and O–H groups in total. The van der Waals surface area contributed by atoms with Gasteiger partial charge in [0.2, 0.25) is 5.88 Å². The van der Waals surface area contributed by atoms with Gasteiger partial charge in [-0.15, -0.1) is 0 Å². The molecule has 1 aliphatic carbocycles. The van der Waals surface area contributed by atoms with Gasteiger partial charge in [0.15, 0.2) is 0 Å². The number of nitrogens with zero attached hydrogens (tertiary/aromatic N) is 1. The predicted octanol–water partition coefficient (Wildman–Crippen LogP) is 3.54. The average Bonchev–Trinajstić information content (AvgIpc) is 2.34. The Bertz CT molecular complexity index is 410. The van der Waals surface area contributed by atoms with Gasteiger partial charge in [0, 0.05) is 18.8 Å². The molecule has 1 saturated carbocycles. The van der Waals surface area contributed by atoms with Gasteiger partial charge < -0.3 is 10.5 Å². The lowest BCUT2D eigenvalue weighted by Gasteiger charge is -2.34. The molecular weight excluding hydrogens is 248 g/mol. The van der Waals surface area contributed by atoms with Crippen molar-refractivity contribution in [2.45, 2.75) is 52.2 Å². The van der Waals surface area contributed by atoms with Gasteiger partial charge in [0.05, 0.1) is 5.02 Å². The number of nitrogens with two attached hydrogens (primary N) is 1. The molecule has 3 nitrogen and oxygen atoms in total. The molecule has 0 aliphatic heterocycles. The van der Waals surface area contributed by atoms with E-state index in [-0.39, 0.29) is 6.10 Å². The van der Waals surface area contributed by atoms with Gasteiger partial charge >= 0.3 is 0 Å². The zero-order valence-electron chi connectivity index (χ0n) is 11.1. The van der Waals surface area contributed by atoms with Crippen molar-refractivity contribution in [3.8, 4) is 5.88 Å². The highest BCUT2D eigenvalue weighted by Crippen LogP contribution is 2.36. The van der Waals surface area contributed by atoms with Gasteiger partial charge in [-0.25, -0.2) is 4.98 Å². The lowest BCUT2D eigenvalue weighted by Crippen LogP contribution is -2.28. The summed E-state index contributed by atoms with van der Waals surface area (Å²) >= 11 is 5.98. The highest BCUT2D eigenvalue weighted by molar-refractivity contribution is 6.31. The van der Waals surface area contributed by atoms with E-state index >= 15 is 0 Å². The number of aromatic nitrogens is 1. The van der Waals surface area contributed by atoms with E-state index in [2.05, 4.69) is 18.8 Å². The van der Waals surface area contributed by atoms with Crippen molar-refractivity contribution < 1.29 is 4.74 Å². The lowest BCUT2D eigenvalue weighted by atomic mass is 9.76. The Kier molecular flexibility index (Phi) is 4.13. The summed E-state index contributed by atoms with van der Waals surface area (Å²) in [6, 6.07) is 1.85. The molecule has 1 fully saturated rings. The number of pyridine rings is 1. The maximum atomic E-state index is 5.98. The van der Waals surface area contributed by atoms with E-state index in [0.717, 1.165) is 18.4 Å². The molecule has 1 aromatic heterocycles. The van der Waals surface area contributed by atoms with Crippen LogP contribution in [0.5, 0.6) is 5.88 Å². The Morgan fingerprint density at radius 3 is 2.72 bits per heavy atom. The second-order valence-corrected chi connectivity index (χ2v) is 6.21. The Balaban J connectivity index is 1.98. The Morgan fingerprint density at radius 2 is 2.11 bits per heavy atom. The SMILES string of the molecule is CC1(C)CCC(Oc2cc(CN)c(Cl)cn2)CC1. The van der Waals surface area contributed by atoms with Crippen LogP contribution in [0.2, 0.25) is 5.02 Å². The molecule has 2 rings (SSSR count). The van der Waals surface area contributed by atoms with E-state index in [9.17, 15) is 0 Å². The molecule has 0 spiro atoms. The van der Waals surface area contributed by atoms with Crippen molar-refractivity contribution in [1.82, 2.24) is 4.98 Å². The van der Waals surface area contributed by atoms with Crippen molar-refractivity contribution >= 4 is 11.6 Å². The zero-order chi connectivity index (χ0) is 13.2. The Labute approximate surface area is 114 Å². The first-order valence-corrected chi connectivity index (χ1v) is 6.89. The first kappa shape index (κ1) is 13.6. The van der Waals surface area contributed by atoms with Crippen LogP contribution >= 0.6 is 11.6 Å². The molecule has 4 heteroatoms. The van der Waals surface area contributed by atoms with E-state index in [1.165, 1.54) is 12.8 Å². The van der Waals surface area contributed by atoms with Crippen molar-refractivity contribution in [3.05, 3.63) is 22.8 Å². The van der Waals surface area contributed by atoms with Gasteiger partial charge in [-0.2, -0.15) is 0 Å². The normalized spacial score (nSPS) is 19.8. The standard InChI is InChI=1S/C14H21ClN2O/c1-14(2)5-3-11(4-6-14)18-13-7-10(8-16)12(15)9-17-13/h7,9,11H,3-6,8,16H2,1-2H3. The first-order valence-electron chi connectivity index (χ1n) is 6.51. The van der Waals surface area contributed by atoms with Crippen LogP contribution in [-0.2, 0) is 6.54 Å². The summed E-state index contributed by atoms with van der Waals surface area (Å²) in [5, 5.41) is 0.606. The average molecular weight is 269 g/mol. The second-order valence-electron chi connectivity index (χ2n) is 5.80. The Hall–Kier alpha value is -0.800. The summed E-state index contributed by atoms with van der Waals surface area (Å²) in [4.78, 5) is 4.21. The molecule has 0 unspecified atom stereocenters. The molecule has 100 valence electrons. The third kappa shape index (κ3) is 3.36. The predicted molar refractivity (Wildman–Crippen MR) is 73.8 cm³/mol. The summed E-state index contributed by atoms with van der Waals surface area (Å²) in [6.07, 6.45) is 6.48. The number of hydrogen-bond acceptors (Lipinski definition) is 3. The molecule has 0 bridgehead atoms. The summed E-state index contributed by atoms with van der Waals surface area (Å²) in [7, 11) is 0. The molecule has 1 aromatic rings. The van der Waals surface area contributed by atoms with Crippen molar-refractivity contribution in [2.75, 3.05) is 0 Å². The molecule has 0 atom stereocenters. The van der Waals surface area contributed by atoms with Crippen molar-refractivity contribution in [1.29, 1.82) is 0 Å². The monoisotopic (exact) mass is 268 g/mol. The third-order valence-electron chi connectivity index (χ3n) is 3.70. The molecular formula is C14H21ClN2O. The fourth-order valence-electron chi connectivity index (χ4n) is 2.34. The van der Waals surface area contributed by atoms with Crippen molar-refractivity contribution in [2.24, 2.45) is 11.1 Å². The number of halogens is 1. The molecule has 0 aromatic carbocycles. The fraction of sp³-hybridized carbons (Fsp3) is 0.643. The largest absolute Gasteiger partial charge is 0.474 e. The number of ether oxygens (including phenoxy) is 1. The molecule has 18 heavy (non-hydrogen) atoms. The molecule has 0 radical (unpaired) electrons. The molecule has 0 saturated heterocycles. The Morgan fingerprint density at radius 1 is 1.44 bits per heavy atom. The van der Waals surface area contributed by atoms with Crippen LogP contribution in [0.25, 0.3) is 0 Å². The summed E-state index contributed by atoms with van der Waals surface area (Å²) in [6.45, 7) is 5.04. The number of rotatable bonds is 3. The van der Waals surface area contributed by atoms with Gasteiger partial charge in [0.1, 0.15) is 6.10 Å². The van der Waals surface area contributed by atoms with Crippen LogP contribution in [0, 0.1) is 5.41 Å². The minimum atomic E-state index is 0.275. The van der Waals surface area contributed by atoms with E-state index < -0.39 is 0 Å². The second kappa shape index (κ2) is 5.45. The maximum absolute atomic E-state index is 5.98. The van der Waals surface area contributed by atoms with Gasteiger partial charge in [0.25, 0.3) is 0 Å². The van der Waals surface area contributed by atoms with E-state index in [0.29, 0.717) is 22.9 Å². The van der Waals surface area contributed by atoms with Crippen LogP contribution in [0.3, 0.4) is 0 Å².